The number of aromatic nitrogens is 2. The number of rotatable bonds is 6. The zero-order chi connectivity index (χ0) is 14.5. The highest BCUT2D eigenvalue weighted by molar-refractivity contribution is 5.85. The maximum Gasteiger partial charge on any atom is 0.0525 e. The normalized spacial score (nSPS) is 10.0. The third-order valence-corrected chi connectivity index (χ3v) is 3.33. The van der Waals surface area contributed by atoms with E-state index in [0.717, 1.165) is 13.1 Å². The van der Waals surface area contributed by atoms with E-state index in [0.29, 0.717) is 6.04 Å². The van der Waals surface area contributed by atoms with Crippen LogP contribution in [0.1, 0.15) is 31.1 Å². The van der Waals surface area contributed by atoms with Crippen LogP contribution in [0.2, 0.25) is 0 Å². The minimum Gasteiger partial charge on any atom is -0.378 e. The predicted molar refractivity (Wildman–Crippen MR) is 98.4 cm³/mol. The first-order valence-electron chi connectivity index (χ1n) is 7.07. The Labute approximate surface area is 145 Å². The Morgan fingerprint density at radius 3 is 2.23 bits per heavy atom. The highest BCUT2D eigenvalue weighted by Gasteiger charge is 2.05. The van der Waals surface area contributed by atoms with E-state index in [-0.39, 0.29) is 24.8 Å². The Hall–Kier alpha value is -1.23. The summed E-state index contributed by atoms with van der Waals surface area (Å²) in [7, 11) is 4.11. The van der Waals surface area contributed by atoms with Gasteiger partial charge in [0.2, 0.25) is 0 Å². The Bertz CT molecular complexity index is 535. The second kappa shape index (κ2) is 9.72. The molecule has 124 valence electrons. The summed E-state index contributed by atoms with van der Waals surface area (Å²) in [5.41, 5.74) is 3.75. The zero-order valence-electron chi connectivity index (χ0n) is 13.6. The maximum absolute atomic E-state index is 4.34. The molecular formula is C16H26Cl2N4. The van der Waals surface area contributed by atoms with Crippen molar-refractivity contribution in [2.45, 2.75) is 33.0 Å². The van der Waals surface area contributed by atoms with E-state index in [2.05, 4.69) is 78.3 Å². The molecule has 0 saturated carbocycles. The standard InChI is InChI=1S/C16H24N4.2ClH/c1-13(2)20-16(9-10-18-20)12-17-11-14-5-7-15(8-6-14)19(3)4;;/h5-10,13,17H,11-12H2,1-4H3;2*1H. The van der Waals surface area contributed by atoms with Crippen molar-refractivity contribution < 1.29 is 0 Å². The van der Waals surface area contributed by atoms with Crippen LogP contribution in [-0.2, 0) is 13.1 Å². The third kappa shape index (κ3) is 5.52. The van der Waals surface area contributed by atoms with Crippen LogP contribution in [0.5, 0.6) is 0 Å². The van der Waals surface area contributed by atoms with E-state index in [9.17, 15) is 0 Å². The van der Waals surface area contributed by atoms with Gasteiger partial charge in [-0.05, 0) is 37.6 Å². The van der Waals surface area contributed by atoms with Crippen LogP contribution in [0.25, 0.3) is 0 Å². The minimum absolute atomic E-state index is 0. The van der Waals surface area contributed by atoms with Crippen molar-refractivity contribution in [3.63, 3.8) is 0 Å². The van der Waals surface area contributed by atoms with Crippen molar-refractivity contribution in [3.8, 4) is 0 Å². The van der Waals surface area contributed by atoms with Crippen molar-refractivity contribution in [3.05, 3.63) is 47.8 Å². The highest BCUT2D eigenvalue weighted by Crippen LogP contribution is 2.12. The molecule has 6 heteroatoms. The van der Waals surface area contributed by atoms with Gasteiger partial charge in [-0.2, -0.15) is 5.10 Å². The lowest BCUT2D eigenvalue weighted by atomic mass is 10.2. The quantitative estimate of drug-likeness (QED) is 0.867. The fourth-order valence-corrected chi connectivity index (χ4v) is 2.19. The number of hydrogen-bond acceptors (Lipinski definition) is 3. The second-order valence-corrected chi connectivity index (χ2v) is 5.53. The molecule has 1 aromatic heterocycles. The van der Waals surface area contributed by atoms with Crippen LogP contribution >= 0.6 is 24.8 Å². The summed E-state index contributed by atoms with van der Waals surface area (Å²) in [4.78, 5) is 2.11. The molecule has 0 aliphatic heterocycles. The number of anilines is 1. The summed E-state index contributed by atoms with van der Waals surface area (Å²) in [6.45, 7) is 6.01. The molecule has 2 aromatic rings. The lowest BCUT2D eigenvalue weighted by Crippen LogP contribution is -2.17. The van der Waals surface area contributed by atoms with Gasteiger partial charge in [-0.15, -0.1) is 24.8 Å². The summed E-state index contributed by atoms with van der Waals surface area (Å²) >= 11 is 0. The van der Waals surface area contributed by atoms with E-state index >= 15 is 0 Å². The Morgan fingerprint density at radius 1 is 1.05 bits per heavy atom. The number of nitrogens with one attached hydrogen (secondary N) is 1. The van der Waals surface area contributed by atoms with E-state index in [1.807, 2.05) is 6.20 Å². The molecule has 22 heavy (non-hydrogen) atoms. The van der Waals surface area contributed by atoms with Crippen molar-refractivity contribution >= 4 is 30.5 Å². The molecule has 2 rings (SSSR count). The largest absolute Gasteiger partial charge is 0.378 e. The summed E-state index contributed by atoms with van der Waals surface area (Å²) in [5, 5.41) is 7.82. The minimum atomic E-state index is 0. The third-order valence-electron chi connectivity index (χ3n) is 3.33. The van der Waals surface area contributed by atoms with Gasteiger partial charge in [0.05, 0.1) is 5.69 Å². The zero-order valence-corrected chi connectivity index (χ0v) is 15.2. The van der Waals surface area contributed by atoms with Crippen molar-refractivity contribution in [1.82, 2.24) is 15.1 Å². The fraction of sp³-hybridized carbons (Fsp3) is 0.438. The summed E-state index contributed by atoms with van der Waals surface area (Å²) in [5.74, 6) is 0. The molecule has 0 amide bonds. The van der Waals surface area contributed by atoms with Gasteiger partial charge in [0.25, 0.3) is 0 Å². The van der Waals surface area contributed by atoms with Gasteiger partial charge >= 0.3 is 0 Å². The molecule has 1 N–H and O–H groups in total. The number of benzene rings is 1. The molecule has 0 saturated heterocycles. The van der Waals surface area contributed by atoms with E-state index in [1.165, 1.54) is 16.9 Å². The SMILES string of the molecule is CC(C)n1nccc1CNCc1ccc(N(C)C)cc1.Cl.Cl. The number of hydrogen-bond donors (Lipinski definition) is 1. The Morgan fingerprint density at radius 2 is 1.68 bits per heavy atom. The monoisotopic (exact) mass is 344 g/mol. The van der Waals surface area contributed by atoms with Crippen LogP contribution in [0.3, 0.4) is 0 Å². The van der Waals surface area contributed by atoms with Gasteiger partial charge in [0.15, 0.2) is 0 Å². The molecule has 0 aliphatic rings. The van der Waals surface area contributed by atoms with Gasteiger partial charge in [0, 0.05) is 45.1 Å². The molecule has 4 nitrogen and oxygen atoms in total. The first kappa shape index (κ1) is 20.8. The second-order valence-electron chi connectivity index (χ2n) is 5.53. The van der Waals surface area contributed by atoms with Crippen LogP contribution in [0, 0.1) is 0 Å². The van der Waals surface area contributed by atoms with Crippen LogP contribution < -0.4 is 10.2 Å². The number of halogens is 2. The molecule has 1 heterocycles. The average Bonchev–Trinajstić information content (AvgIpc) is 2.88. The fourth-order valence-electron chi connectivity index (χ4n) is 2.19. The lowest BCUT2D eigenvalue weighted by Gasteiger charge is -2.13. The van der Waals surface area contributed by atoms with E-state index in [1.54, 1.807) is 0 Å². The summed E-state index contributed by atoms with van der Waals surface area (Å²) in [6, 6.07) is 11.1. The Balaban J connectivity index is 0.00000220. The first-order chi connectivity index (χ1) is 9.58. The van der Waals surface area contributed by atoms with E-state index in [4.69, 9.17) is 0 Å². The predicted octanol–water partition coefficient (Wildman–Crippen LogP) is 3.66. The molecule has 0 unspecified atom stereocenters. The molecule has 0 fully saturated rings. The highest BCUT2D eigenvalue weighted by atomic mass is 35.5. The molecule has 0 aliphatic carbocycles. The molecule has 0 atom stereocenters. The topological polar surface area (TPSA) is 33.1 Å². The maximum atomic E-state index is 4.34. The lowest BCUT2D eigenvalue weighted by molar-refractivity contribution is 0.495. The number of nitrogens with zero attached hydrogens (tertiary/aromatic N) is 3. The first-order valence-corrected chi connectivity index (χ1v) is 7.07. The van der Waals surface area contributed by atoms with Crippen molar-refractivity contribution in [1.29, 1.82) is 0 Å². The van der Waals surface area contributed by atoms with Crippen LogP contribution in [0.4, 0.5) is 5.69 Å². The summed E-state index contributed by atoms with van der Waals surface area (Å²) < 4.78 is 2.06. The molecule has 0 spiro atoms. The molecule has 0 radical (unpaired) electrons. The van der Waals surface area contributed by atoms with Crippen molar-refractivity contribution in [2.75, 3.05) is 19.0 Å². The van der Waals surface area contributed by atoms with Crippen molar-refractivity contribution in [2.24, 2.45) is 0 Å². The van der Waals surface area contributed by atoms with Gasteiger partial charge in [-0.25, -0.2) is 0 Å². The van der Waals surface area contributed by atoms with E-state index < -0.39 is 0 Å². The van der Waals surface area contributed by atoms with Crippen LogP contribution in [-0.4, -0.2) is 23.9 Å². The van der Waals surface area contributed by atoms with Crippen LogP contribution in [0.15, 0.2) is 36.5 Å². The molecule has 0 bridgehead atoms. The Kier molecular flexibility index (Phi) is 9.18. The van der Waals surface area contributed by atoms with Gasteiger partial charge in [-0.1, -0.05) is 12.1 Å². The van der Waals surface area contributed by atoms with Gasteiger partial charge in [0.1, 0.15) is 0 Å². The molecule has 1 aromatic carbocycles. The molecular weight excluding hydrogens is 319 g/mol. The van der Waals surface area contributed by atoms with Gasteiger partial charge in [-0.3, -0.25) is 4.68 Å². The van der Waals surface area contributed by atoms with Gasteiger partial charge < -0.3 is 10.2 Å². The average molecular weight is 345 g/mol. The summed E-state index contributed by atoms with van der Waals surface area (Å²) in [6.07, 6.45) is 1.86. The smallest absolute Gasteiger partial charge is 0.0525 e.